The SMILES string of the molecule is Cc1cc(Cl)ccc1OCC(=O)NC(CN)CC(C)C.Cl. The fourth-order valence-corrected chi connectivity index (χ4v) is 2.20. The molecular formula is C15H24Cl2N2O2. The van der Waals surface area contributed by atoms with Crippen LogP contribution < -0.4 is 15.8 Å². The summed E-state index contributed by atoms with van der Waals surface area (Å²) in [6.07, 6.45) is 0.863. The van der Waals surface area contributed by atoms with Crippen LogP contribution in [0.2, 0.25) is 5.02 Å². The van der Waals surface area contributed by atoms with Crippen LogP contribution in [0, 0.1) is 12.8 Å². The van der Waals surface area contributed by atoms with Gasteiger partial charge >= 0.3 is 0 Å². The van der Waals surface area contributed by atoms with E-state index in [0.717, 1.165) is 12.0 Å². The van der Waals surface area contributed by atoms with Crippen LogP contribution in [0.5, 0.6) is 5.75 Å². The maximum atomic E-state index is 11.8. The Bertz CT molecular complexity index is 453. The van der Waals surface area contributed by atoms with Crippen LogP contribution in [-0.4, -0.2) is 25.1 Å². The molecule has 1 rings (SSSR count). The van der Waals surface area contributed by atoms with E-state index in [9.17, 15) is 4.79 Å². The highest BCUT2D eigenvalue weighted by atomic mass is 35.5. The number of benzene rings is 1. The molecule has 0 bridgehead atoms. The van der Waals surface area contributed by atoms with Crippen molar-refractivity contribution in [3.63, 3.8) is 0 Å². The fraction of sp³-hybridized carbons (Fsp3) is 0.533. The van der Waals surface area contributed by atoms with Crippen LogP contribution in [-0.2, 0) is 4.79 Å². The molecule has 0 aliphatic carbocycles. The van der Waals surface area contributed by atoms with Crippen LogP contribution in [0.1, 0.15) is 25.8 Å². The summed E-state index contributed by atoms with van der Waals surface area (Å²) in [5.74, 6) is 0.997. The van der Waals surface area contributed by atoms with E-state index in [1.165, 1.54) is 0 Å². The number of carbonyl (C=O) groups is 1. The highest BCUT2D eigenvalue weighted by Gasteiger charge is 2.13. The van der Waals surface area contributed by atoms with Crippen molar-refractivity contribution in [3.8, 4) is 5.75 Å². The summed E-state index contributed by atoms with van der Waals surface area (Å²) in [6, 6.07) is 5.30. The summed E-state index contributed by atoms with van der Waals surface area (Å²) in [6.45, 7) is 6.51. The lowest BCUT2D eigenvalue weighted by molar-refractivity contribution is -0.123. The van der Waals surface area contributed by atoms with Crippen molar-refractivity contribution < 1.29 is 9.53 Å². The van der Waals surface area contributed by atoms with Crippen molar-refractivity contribution >= 4 is 29.9 Å². The number of nitrogens with one attached hydrogen (secondary N) is 1. The minimum atomic E-state index is -0.157. The number of amides is 1. The van der Waals surface area contributed by atoms with Crippen LogP contribution in [0.3, 0.4) is 0 Å². The molecule has 1 aromatic rings. The second-order valence-corrected chi connectivity index (χ2v) is 5.76. The third-order valence-electron chi connectivity index (χ3n) is 2.90. The second kappa shape index (κ2) is 9.87. The lowest BCUT2D eigenvalue weighted by atomic mass is 10.0. The molecule has 0 saturated carbocycles. The van der Waals surface area contributed by atoms with Gasteiger partial charge in [0.05, 0.1) is 0 Å². The molecule has 0 aliphatic heterocycles. The van der Waals surface area contributed by atoms with E-state index < -0.39 is 0 Å². The molecule has 4 nitrogen and oxygen atoms in total. The third-order valence-corrected chi connectivity index (χ3v) is 3.14. The Labute approximate surface area is 137 Å². The molecule has 1 aromatic carbocycles. The molecule has 0 radical (unpaired) electrons. The van der Waals surface area contributed by atoms with Gasteiger partial charge in [-0.1, -0.05) is 25.4 Å². The summed E-state index contributed by atoms with van der Waals surface area (Å²) in [5, 5.41) is 3.54. The molecule has 0 spiro atoms. The van der Waals surface area contributed by atoms with Gasteiger partial charge in [-0.15, -0.1) is 12.4 Å². The molecule has 1 unspecified atom stereocenters. The lowest BCUT2D eigenvalue weighted by Crippen LogP contribution is -2.43. The van der Waals surface area contributed by atoms with Gasteiger partial charge in [0, 0.05) is 17.6 Å². The maximum Gasteiger partial charge on any atom is 0.258 e. The van der Waals surface area contributed by atoms with Gasteiger partial charge in [-0.3, -0.25) is 4.79 Å². The Morgan fingerprint density at radius 1 is 1.43 bits per heavy atom. The molecule has 0 aromatic heterocycles. The summed E-state index contributed by atoms with van der Waals surface area (Å²) in [7, 11) is 0. The monoisotopic (exact) mass is 334 g/mol. The average molecular weight is 335 g/mol. The van der Waals surface area contributed by atoms with Crippen molar-refractivity contribution in [2.45, 2.75) is 33.2 Å². The lowest BCUT2D eigenvalue weighted by Gasteiger charge is -2.19. The minimum absolute atomic E-state index is 0. The zero-order valence-corrected chi connectivity index (χ0v) is 14.3. The topological polar surface area (TPSA) is 64.3 Å². The van der Waals surface area contributed by atoms with Crippen molar-refractivity contribution in [1.82, 2.24) is 5.32 Å². The first kappa shape index (κ1) is 20.0. The molecule has 0 fully saturated rings. The van der Waals surface area contributed by atoms with Crippen LogP contribution in [0.25, 0.3) is 0 Å². The Morgan fingerprint density at radius 2 is 2.10 bits per heavy atom. The van der Waals surface area contributed by atoms with Gasteiger partial charge in [-0.05, 0) is 43.0 Å². The Kier molecular flexibility index (Phi) is 9.42. The van der Waals surface area contributed by atoms with E-state index in [1.807, 2.05) is 6.92 Å². The smallest absolute Gasteiger partial charge is 0.258 e. The highest BCUT2D eigenvalue weighted by Crippen LogP contribution is 2.21. The summed E-state index contributed by atoms with van der Waals surface area (Å²) >= 11 is 5.87. The largest absolute Gasteiger partial charge is 0.484 e. The number of hydrogen-bond acceptors (Lipinski definition) is 3. The summed E-state index contributed by atoms with van der Waals surface area (Å²) in [5.41, 5.74) is 6.55. The summed E-state index contributed by atoms with van der Waals surface area (Å²) < 4.78 is 5.49. The molecule has 0 heterocycles. The van der Waals surface area contributed by atoms with Gasteiger partial charge in [-0.2, -0.15) is 0 Å². The average Bonchev–Trinajstić information content (AvgIpc) is 2.36. The Morgan fingerprint density at radius 3 is 2.62 bits per heavy atom. The Balaban J connectivity index is 0.00000400. The van der Waals surface area contributed by atoms with Crippen molar-refractivity contribution in [2.24, 2.45) is 11.7 Å². The molecular weight excluding hydrogens is 311 g/mol. The standard InChI is InChI=1S/C15H23ClN2O2.ClH/c1-10(2)6-13(8-17)18-15(19)9-20-14-5-4-12(16)7-11(14)3;/h4-5,7,10,13H,6,8-9,17H2,1-3H3,(H,18,19);1H. The van der Waals surface area contributed by atoms with Crippen molar-refractivity contribution in [3.05, 3.63) is 28.8 Å². The van der Waals surface area contributed by atoms with Gasteiger partial charge in [-0.25, -0.2) is 0 Å². The fourth-order valence-electron chi connectivity index (χ4n) is 1.97. The van der Waals surface area contributed by atoms with E-state index >= 15 is 0 Å². The first-order valence-electron chi connectivity index (χ1n) is 6.80. The molecule has 21 heavy (non-hydrogen) atoms. The first-order chi connectivity index (χ1) is 9.42. The van der Waals surface area contributed by atoms with E-state index in [-0.39, 0.29) is 31.0 Å². The number of hydrogen-bond donors (Lipinski definition) is 2. The minimum Gasteiger partial charge on any atom is -0.484 e. The number of aryl methyl sites for hydroxylation is 1. The Hall–Kier alpha value is -0.970. The maximum absolute atomic E-state index is 11.8. The number of nitrogens with two attached hydrogens (primary N) is 1. The van der Waals surface area contributed by atoms with E-state index in [2.05, 4.69) is 19.2 Å². The molecule has 3 N–H and O–H groups in total. The predicted octanol–water partition coefficient (Wildman–Crippen LogP) is 2.94. The van der Waals surface area contributed by atoms with Crippen LogP contribution >= 0.6 is 24.0 Å². The first-order valence-corrected chi connectivity index (χ1v) is 7.18. The van der Waals surface area contributed by atoms with E-state index in [1.54, 1.807) is 18.2 Å². The van der Waals surface area contributed by atoms with Gasteiger partial charge in [0.15, 0.2) is 6.61 Å². The molecule has 120 valence electrons. The molecule has 0 saturated heterocycles. The quantitative estimate of drug-likeness (QED) is 0.805. The van der Waals surface area contributed by atoms with Gasteiger partial charge < -0.3 is 15.8 Å². The van der Waals surface area contributed by atoms with Gasteiger partial charge in [0.1, 0.15) is 5.75 Å². The number of halogens is 2. The number of rotatable bonds is 7. The zero-order chi connectivity index (χ0) is 15.1. The van der Waals surface area contributed by atoms with Crippen molar-refractivity contribution in [2.75, 3.05) is 13.2 Å². The van der Waals surface area contributed by atoms with Crippen LogP contribution in [0.15, 0.2) is 18.2 Å². The van der Waals surface area contributed by atoms with Gasteiger partial charge in [0.25, 0.3) is 5.91 Å². The third kappa shape index (κ3) is 7.55. The zero-order valence-electron chi connectivity index (χ0n) is 12.7. The van der Waals surface area contributed by atoms with E-state index in [0.29, 0.717) is 23.2 Å². The highest BCUT2D eigenvalue weighted by molar-refractivity contribution is 6.30. The molecule has 0 aliphatic rings. The van der Waals surface area contributed by atoms with Crippen molar-refractivity contribution in [1.29, 1.82) is 0 Å². The summed E-state index contributed by atoms with van der Waals surface area (Å²) in [4.78, 5) is 11.8. The molecule has 1 amide bonds. The molecule has 6 heteroatoms. The molecule has 1 atom stereocenters. The second-order valence-electron chi connectivity index (χ2n) is 5.33. The number of ether oxygens (including phenoxy) is 1. The van der Waals surface area contributed by atoms with Gasteiger partial charge in [0.2, 0.25) is 0 Å². The number of carbonyl (C=O) groups excluding carboxylic acids is 1. The normalized spacial score (nSPS) is 11.7. The van der Waals surface area contributed by atoms with E-state index in [4.69, 9.17) is 22.1 Å². The van der Waals surface area contributed by atoms with Crippen LogP contribution in [0.4, 0.5) is 0 Å². The predicted molar refractivity (Wildman–Crippen MR) is 89.4 cm³/mol.